The van der Waals surface area contributed by atoms with Crippen molar-refractivity contribution in [3.05, 3.63) is 36.0 Å². The minimum atomic E-state index is -0.417. The van der Waals surface area contributed by atoms with Crippen molar-refractivity contribution in [1.82, 2.24) is 15.2 Å². The molecule has 1 N–H and O–H groups in total. The van der Waals surface area contributed by atoms with Crippen LogP contribution in [0.5, 0.6) is 0 Å². The predicted molar refractivity (Wildman–Crippen MR) is 116 cm³/mol. The number of carbonyl (C=O) groups excluding carboxylic acids is 2. The van der Waals surface area contributed by atoms with E-state index in [0.29, 0.717) is 17.2 Å². The summed E-state index contributed by atoms with van der Waals surface area (Å²) in [6.45, 7) is 2.05. The topological polar surface area (TPSA) is 89.3 Å². The number of rotatable bonds is 5. The van der Waals surface area contributed by atoms with Crippen molar-refractivity contribution in [2.45, 2.75) is 18.9 Å². The molecule has 1 aromatic heterocycles. The lowest BCUT2D eigenvalue weighted by molar-refractivity contribution is -0.129. The average molecular weight is 422 g/mol. The van der Waals surface area contributed by atoms with Gasteiger partial charge in [0, 0.05) is 36.1 Å². The Morgan fingerprint density at radius 3 is 2.83 bits per heavy atom. The van der Waals surface area contributed by atoms with Crippen LogP contribution in [0, 0.1) is 23.2 Å². The Morgan fingerprint density at radius 1 is 1.23 bits per heavy atom. The second-order valence-corrected chi connectivity index (χ2v) is 9.25. The van der Waals surface area contributed by atoms with E-state index in [1.165, 1.54) is 17.7 Å². The van der Waals surface area contributed by atoms with E-state index in [9.17, 15) is 9.59 Å². The van der Waals surface area contributed by atoms with Crippen molar-refractivity contribution in [1.29, 1.82) is 5.26 Å². The zero-order valence-corrected chi connectivity index (χ0v) is 17.4. The molecule has 1 saturated carbocycles. The lowest BCUT2D eigenvalue weighted by Crippen LogP contribution is -2.47. The number of thioether (sulfide) groups is 1. The summed E-state index contributed by atoms with van der Waals surface area (Å²) in [4.78, 5) is 33.5. The van der Waals surface area contributed by atoms with Gasteiger partial charge < -0.3 is 15.1 Å². The number of fused-ring (bicyclic) bond motifs is 1. The molecule has 5 rings (SSSR count). The summed E-state index contributed by atoms with van der Waals surface area (Å²) < 4.78 is 0. The van der Waals surface area contributed by atoms with Gasteiger partial charge in [0.25, 0.3) is 5.91 Å². The Labute approximate surface area is 179 Å². The first-order chi connectivity index (χ1) is 14.6. The average Bonchev–Trinajstić information content (AvgIpc) is 3.44. The zero-order chi connectivity index (χ0) is 20.7. The van der Waals surface area contributed by atoms with Gasteiger partial charge >= 0.3 is 0 Å². The van der Waals surface area contributed by atoms with Crippen molar-refractivity contribution < 1.29 is 9.59 Å². The molecule has 3 heterocycles. The molecule has 154 valence electrons. The highest BCUT2D eigenvalue weighted by Crippen LogP contribution is 2.42. The lowest BCUT2D eigenvalue weighted by atomic mass is 9.93. The Kier molecular flexibility index (Phi) is 4.99. The van der Waals surface area contributed by atoms with E-state index in [0.717, 1.165) is 41.5 Å². The number of pyridine rings is 1. The fraction of sp³-hybridized carbons (Fsp3) is 0.455. The zero-order valence-electron chi connectivity index (χ0n) is 16.6. The number of nitriles is 1. The second kappa shape index (κ2) is 7.80. The molecule has 1 aromatic carbocycles. The third kappa shape index (κ3) is 3.58. The van der Waals surface area contributed by atoms with Gasteiger partial charge in [-0.2, -0.15) is 5.26 Å². The van der Waals surface area contributed by atoms with E-state index < -0.39 is 6.04 Å². The number of benzene rings is 1. The molecular weight excluding hydrogens is 398 g/mol. The molecule has 0 unspecified atom stereocenters. The van der Waals surface area contributed by atoms with Gasteiger partial charge in [-0.15, -0.1) is 11.8 Å². The van der Waals surface area contributed by atoms with E-state index in [4.69, 9.17) is 5.26 Å². The van der Waals surface area contributed by atoms with Crippen LogP contribution in [0.15, 0.2) is 30.5 Å². The molecule has 1 atom stereocenters. The van der Waals surface area contributed by atoms with Crippen molar-refractivity contribution in [3.63, 3.8) is 0 Å². The smallest absolute Gasteiger partial charge is 0.252 e. The van der Waals surface area contributed by atoms with Crippen molar-refractivity contribution in [3.8, 4) is 6.07 Å². The van der Waals surface area contributed by atoms with Gasteiger partial charge in [0.15, 0.2) is 0 Å². The minimum absolute atomic E-state index is 0.115. The van der Waals surface area contributed by atoms with Crippen molar-refractivity contribution in [2.75, 3.05) is 36.2 Å². The van der Waals surface area contributed by atoms with E-state index in [1.807, 2.05) is 12.1 Å². The molecule has 0 radical (unpaired) electrons. The van der Waals surface area contributed by atoms with Gasteiger partial charge in [0.1, 0.15) is 6.04 Å². The number of aromatic nitrogens is 1. The van der Waals surface area contributed by atoms with Gasteiger partial charge in [-0.3, -0.25) is 14.6 Å². The van der Waals surface area contributed by atoms with Crippen LogP contribution in [0.3, 0.4) is 0 Å². The van der Waals surface area contributed by atoms with Crippen LogP contribution in [-0.2, 0) is 4.79 Å². The first-order valence-electron chi connectivity index (χ1n) is 10.3. The Balaban J connectivity index is 1.29. The fourth-order valence-electron chi connectivity index (χ4n) is 4.27. The van der Waals surface area contributed by atoms with Gasteiger partial charge in [0.2, 0.25) is 5.91 Å². The molecule has 30 heavy (non-hydrogen) atoms. The number of hydrogen-bond acceptors (Lipinski definition) is 6. The number of anilines is 1. The quantitative estimate of drug-likeness (QED) is 0.796. The van der Waals surface area contributed by atoms with Gasteiger partial charge in [0.05, 0.1) is 29.6 Å². The maximum Gasteiger partial charge on any atom is 0.252 e. The molecular formula is C22H23N5O2S. The van der Waals surface area contributed by atoms with Gasteiger partial charge in [-0.25, -0.2) is 0 Å². The van der Waals surface area contributed by atoms with E-state index in [-0.39, 0.29) is 18.4 Å². The molecule has 2 saturated heterocycles. The summed E-state index contributed by atoms with van der Waals surface area (Å²) >= 11 is 1.55. The summed E-state index contributed by atoms with van der Waals surface area (Å²) in [5.41, 5.74) is 2.39. The normalized spacial score (nSPS) is 21.4. The summed E-state index contributed by atoms with van der Waals surface area (Å²) in [6.07, 6.45) is 4.36. The molecule has 7 nitrogen and oxygen atoms in total. The van der Waals surface area contributed by atoms with Crippen LogP contribution in [0.4, 0.5) is 5.69 Å². The molecule has 2 aliphatic heterocycles. The van der Waals surface area contributed by atoms with E-state index in [2.05, 4.69) is 27.3 Å². The van der Waals surface area contributed by atoms with Gasteiger partial charge in [-0.05, 0) is 48.9 Å². The molecule has 3 aliphatic rings. The van der Waals surface area contributed by atoms with Crippen molar-refractivity contribution >= 4 is 40.2 Å². The highest BCUT2D eigenvalue weighted by molar-refractivity contribution is 7.99. The van der Waals surface area contributed by atoms with Gasteiger partial charge in [-0.1, -0.05) is 0 Å². The monoisotopic (exact) mass is 421 g/mol. The standard InChI is InChI=1S/C22H23N5O2S/c23-8-17-12-30-13-27(17)21(28)9-25-22(29)18-5-6-24-20-4-3-16(7-19(18)20)26-10-15(11-26)14-1-2-14/h3-7,14-15,17H,1-2,9-13H2,(H,25,29)/t17-/m1/s1. The first kappa shape index (κ1) is 19.2. The predicted octanol–water partition coefficient (Wildman–Crippen LogP) is 2.24. The third-order valence-corrected chi connectivity index (χ3v) is 7.30. The largest absolute Gasteiger partial charge is 0.371 e. The third-order valence-electron chi connectivity index (χ3n) is 6.29. The number of carbonyl (C=O) groups is 2. The molecule has 2 aromatic rings. The number of amides is 2. The highest BCUT2D eigenvalue weighted by Gasteiger charge is 2.39. The van der Waals surface area contributed by atoms with Crippen LogP contribution < -0.4 is 10.2 Å². The molecule has 3 fully saturated rings. The fourth-order valence-corrected chi connectivity index (χ4v) is 5.37. The SMILES string of the molecule is N#C[C@@H]1CSCN1C(=O)CNC(=O)c1ccnc2ccc(N3CC(C4CC4)C3)cc12. The van der Waals surface area contributed by atoms with E-state index >= 15 is 0 Å². The van der Waals surface area contributed by atoms with Crippen LogP contribution in [0.2, 0.25) is 0 Å². The Morgan fingerprint density at radius 2 is 2.07 bits per heavy atom. The van der Waals surface area contributed by atoms with Crippen LogP contribution in [0.1, 0.15) is 23.2 Å². The molecule has 0 bridgehead atoms. The van der Waals surface area contributed by atoms with Crippen LogP contribution >= 0.6 is 11.8 Å². The summed E-state index contributed by atoms with van der Waals surface area (Å²) in [5, 5.41) is 12.7. The number of nitrogens with one attached hydrogen (secondary N) is 1. The number of nitrogens with zero attached hydrogens (tertiary/aromatic N) is 4. The van der Waals surface area contributed by atoms with Crippen LogP contribution in [0.25, 0.3) is 10.9 Å². The second-order valence-electron chi connectivity index (χ2n) is 8.25. The van der Waals surface area contributed by atoms with Crippen LogP contribution in [-0.4, -0.2) is 59.0 Å². The molecule has 8 heteroatoms. The summed E-state index contributed by atoms with van der Waals surface area (Å²) in [5.74, 6) is 2.30. The Hall–Kier alpha value is -2.79. The van der Waals surface area contributed by atoms with Crippen molar-refractivity contribution in [2.24, 2.45) is 11.8 Å². The first-order valence-corrected chi connectivity index (χ1v) is 11.5. The van der Waals surface area contributed by atoms with E-state index in [1.54, 1.807) is 24.0 Å². The summed E-state index contributed by atoms with van der Waals surface area (Å²) in [7, 11) is 0. The highest BCUT2D eigenvalue weighted by atomic mass is 32.2. The molecule has 1 aliphatic carbocycles. The maximum atomic E-state index is 12.8. The maximum absolute atomic E-state index is 12.8. The summed E-state index contributed by atoms with van der Waals surface area (Å²) in [6, 6.07) is 9.47. The molecule has 2 amide bonds. The number of hydrogen-bond donors (Lipinski definition) is 1. The minimum Gasteiger partial charge on any atom is -0.371 e. The molecule has 0 spiro atoms. The lowest BCUT2D eigenvalue weighted by Gasteiger charge is -2.41. The Bertz CT molecular complexity index is 1040.